The molecule has 0 unspecified atom stereocenters. The third-order valence-electron chi connectivity index (χ3n) is 3.35. The van der Waals surface area contributed by atoms with Crippen molar-refractivity contribution >= 4 is 17.6 Å². The van der Waals surface area contributed by atoms with Crippen LogP contribution in [0.25, 0.3) is 11.1 Å². The van der Waals surface area contributed by atoms with Gasteiger partial charge in [-0.05, 0) is 35.4 Å². The maximum atomic E-state index is 10.8. The zero-order valence-corrected chi connectivity index (χ0v) is 11.6. The molecule has 0 radical (unpaired) electrons. The van der Waals surface area contributed by atoms with Crippen molar-refractivity contribution in [2.45, 2.75) is 0 Å². The molecule has 0 saturated carbocycles. The van der Waals surface area contributed by atoms with Crippen molar-refractivity contribution in [2.75, 3.05) is 18.3 Å². The van der Waals surface area contributed by atoms with Crippen LogP contribution in [0, 0.1) is 0 Å². The van der Waals surface area contributed by atoms with E-state index in [2.05, 4.69) is 5.10 Å². The Morgan fingerprint density at radius 2 is 1.68 bits per heavy atom. The normalized spacial score (nSPS) is 13.7. The van der Waals surface area contributed by atoms with Crippen molar-refractivity contribution in [3.8, 4) is 11.1 Å². The minimum absolute atomic E-state index is 0.218. The number of aromatic carboxylic acids is 1. The largest absolute Gasteiger partial charge is 0.478 e. The Labute approximate surface area is 126 Å². The maximum Gasteiger partial charge on any atom is 0.335 e. The molecular weight excluding hydrogens is 284 g/mol. The fraction of sp³-hybridized carbons (Fsp3) is 0.125. The molecule has 6 nitrogen and oxygen atoms in total. The third-order valence-corrected chi connectivity index (χ3v) is 3.35. The van der Waals surface area contributed by atoms with Crippen molar-refractivity contribution in [1.82, 2.24) is 0 Å². The molecule has 2 aromatic carbocycles. The zero-order chi connectivity index (χ0) is 15.5. The van der Waals surface area contributed by atoms with E-state index in [0.29, 0.717) is 5.90 Å². The molecular formula is C16H14N2O4. The minimum atomic E-state index is -0.937. The molecule has 2 N–H and O–H groups in total. The van der Waals surface area contributed by atoms with Gasteiger partial charge in [-0.3, -0.25) is 0 Å². The van der Waals surface area contributed by atoms with E-state index in [1.165, 1.54) is 0 Å². The standard InChI is InChI=1S/C16H14N2O4/c19-9-15-17-18(10-22-15)14-7-5-12(6-8-14)11-1-3-13(4-2-11)16(20)21/h1-8,19H,9-10H2,(H,20,21). The highest BCUT2D eigenvalue weighted by molar-refractivity contribution is 5.88. The van der Waals surface area contributed by atoms with Crippen molar-refractivity contribution in [2.24, 2.45) is 5.10 Å². The van der Waals surface area contributed by atoms with Crippen molar-refractivity contribution < 1.29 is 19.7 Å². The van der Waals surface area contributed by atoms with Gasteiger partial charge in [0.05, 0.1) is 11.3 Å². The predicted octanol–water partition coefficient (Wildman–Crippen LogP) is 2.15. The molecule has 112 valence electrons. The average Bonchev–Trinajstić information content (AvgIpc) is 3.04. The predicted molar refractivity (Wildman–Crippen MR) is 81.8 cm³/mol. The van der Waals surface area contributed by atoms with Gasteiger partial charge in [0, 0.05) is 0 Å². The van der Waals surface area contributed by atoms with Crippen LogP contribution in [0.5, 0.6) is 0 Å². The second-order valence-electron chi connectivity index (χ2n) is 4.75. The smallest absolute Gasteiger partial charge is 0.335 e. The Kier molecular flexibility index (Phi) is 3.76. The summed E-state index contributed by atoms with van der Waals surface area (Å²) in [6, 6.07) is 14.4. The number of hydrogen-bond donors (Lipinski definition) is 2. The fourth-order valence-corrected chi connectivity index (χ4v) is 2.17. The summed E-state index contributed by atoms with van der Waals surface area (Å²) in [5.74, 6) is -0.637. The lowest BCUT2D eigenvalue weighted by Crippen LogP contribution is -2.12. The van der Waals surface area contributed by atoms with E-state index in [-0.39, 0.29) is 18.9 Å². The summed E-state index contributed by atoms with van der Waals surface area (Å²) in [7, 11) is 0. The first-order valence-corrected chi connectivity index (χ1v) is 6.70. The average molecular weight is 298 g/mol. The number of ether oxygens (including phenoxy) is 1. The molecule has 1 aliphatic rings. The van der Waals surface area contributed by atoms with E-state index < -0.39 is 5.97 Å². The number of nitrogens with zero attached hydrogens (tertiary/aromatic N) is 2. The Hall–Kier alpha value is -2.86. The van der Waals surface area contributed by atoms with Gasteiger partial charge in [0.2, 0.25) is 5.90 Å². The number of carbonyl (C=O) groups is 1. The van der Waals surface area contributed by atoms with Gasteiger partial charge in [-0.1, -0.05) is 24.3 Å². The van der Waals surface area contributed by atoms with E-state index in [9.17, 15) is 4.79 Å². The van der Waals surface area contributed by atoms with Gasteiger partial charge in [-0.25, -0.2) is 9.80 Å². The van der Waals surface area contributed by atoms with Crippen LogP contribution in [0.2, 0.25) is 0 Å². The van der Waals surface area contributed by atoms with E-state index in [0.717, 1.165) is 16.8 Å². The molecule has 1 heterocycles. The molecule has 0 bridgehead atoms. The number of carboxylic acid groups (broad SMARTS) is 1. The van der Waals surface area contributed by atoms with Crippen LogP contribution < -0.4 is 5.01 Å². The summed E-state index contributed by atoms with van der Waals surface area (Å²) >= 11 is 0. The molecule has 0 amide bonds. The number of rotatable bonds is 4. The van der Waals surface area contributed by atoms with Crippen LogP contribution in [0.15, 0.2) is 53.6 Å². The van der Waals surface area contributed by atoms with E-state index >= 15 is 0 Å². The second kappa shape index (κ2) is 5.87. The summed E-state index contributed by atoms with van der Waals surface area (Å²) in [5.41, 5.74) is 3.04. The number of aliphatic hydroxyl groups excluding tert-OH is 1. The summed E-state index contributed by atoms with van der Waals surface area (Å²) < 4.78 is 5.19. The molecule has 0 aliphatic carbocycles. The maximum absolute atomic E-state index is 10.8. The number of benzene rings is 2. The Morgan fingerprint density at radius 1 is 1.09 bits per heavy atom. The van der Waals surface area contributed by atoms with Crippen molar-refractivity contribution in [3.05, 3.63) is 54.1 Å². The van der Waals surface area contributed by atoms with Gasteiger partial charge in [0.15, 0.2) is 6.73 Å². The molecule has 6 heteroatoms. The second-order valence-corrected chi connectivity index (χ2v) is 4.75. The molecule has 3 rings (SSSR count). The highest BCUT2D eigenvalue weighted by atomic mass is 16.5. The van der Waals surface area contributed by atoms with Crippen LogP contribution in [0.3, 0.4) is 0 Å². The summed E-state index contributed by atoms with van der Waals surface area (Å²) in [4.78, 5) is 10.8. The van der Waals surface area contributed by atoms with Crippen molar-refractivity contribution in [3.63, 3.8) is 0 Å². The lowest BCUT2D eigenvalue weighted by Gasteiger charge is -2.12. The molecule has 2 aromatic rings. The summed E-state index contributed by atoms with van der Waals surface area (Å²) in [6.45, 7) is 0.0626. The van der Waals surface area contributed by atoms with Gasteiger partial charge in [-0.2, -0.15) is 0 Å². The zero-order valence-electron chi connectivity index (χ0n) is 11.6. The van der Waals surface area contributed by atoms with Crippen LogP contribution in [-0.4, -0.2) is 35.4 Å². The molecule has 0 atom stereocenters. The summed E-state index contributed by atoms with van der Waals surface area (Å²) in [5, 5.41) is 23.6. The highest BCUT2D eigenvalue weighted by Gasteiger charge is 2.16. The van der Waals surface area contributed by atoms with E-state index in [1.54, 1.807) is 29.3 Å². The topological polar surface area (TPSA) is 82.4 Å². The lowest BCUT2D eigenvalue weighted by molar-refractivity contribution is 0.0697. The summed E-state index contributed by atoms with van der Waals surface area (Å²) in [6.07, 6.45) is 0. The molecule has 0 spiro atoms. The number of anilines is 1. The van der Waals surface area contributed by atoms with E-state index in [1.807, 2.05) is 24.3 Å². The van der Waals surface area contributed by atoms with Gasteiger partial charge in [0.1, 0.15) is 6.61 Å². The first-order chi connectivity index (χ1) is 10.7. The highest BCUT2D eigenvalue weighted by Crippen LogP contribution is 2.25. The van der Waals surface area contributed by atoms with Gasteiger partial charge in [-0.15, -0.1) is 5.10 Å². The monoisotopic (exact) mass is 298 g/mol. The SMILES string of the molecule is O=C(O)c1ccc(-c2ccc(N3COC(CO)=N3)cc2)cc1. The molecule has 22 heavy (non-hydrogen) atoms. The number of hydrogen-bond acceptors (Lipinski definition) is 5. The number of hydrazone groups is 1. The van der Waals surface area contributed by atoms with Crippen LogP contribution in [0.4, 0.5) is 5.69 Å². The minimum Gasteiger partial charge on any atom is -0.478 e. The Bertz CT molecular complexity index is 708. The molecule has 1 aliphatic heterocycles. The number of aliphatic hydroxyl groups is 1. The van der Waals surface area contributed by atoms with Gasteiger partial charge < -0.3 is 14.9 Å². The quantitative estimate of drug-likeness (QED) is 0.903. The van der Waals surface area contributed by atoms with Crippen LogP contribution in [-0.2, 0) is 4.74 Å². The van der Waals surface area contributed by atoms with Gasteiger partial charge in [0.25, 0.3) is 0 Å². The Morgan fingerprint density at radius 3 is 2.18 bits per heavy atom. The molecule has 0 saturated heterocycles. The van der Waals surface area contributed by atoms with Gasteiger partial charge >= 0.3 is 5.97 Å². The van der Waals surface area contributed by atoms with Crippen molar-refractivity contribution in [1.29, 1.82) is 0 Å². The molecule has 0 fully saturated rings. The van der Waals surface area contributed by atoms with Crippen LogP contribution in [0.1, 0.15) is 10.4 Å². The first-order valence-electron chi connectivity index (χ1n) is 6.70. The Balaban J connectivity index is 1.79. The number of carboxylic acids is 1. The van der Waals surface area contributed by atoms with Crippen LogP contribution >= 0.6 is 0 Å². The van der Waals surface area contributed by atoms with E-state index in [4.69, 9.17) is 14.9 Å². The third kappa shape index (κ3) is 2.77. The molecule has 0 aromatic heterocycles. The lowest BCUT2D eigenvalue weighted by atomic mass is 10.0. The fourth-order valence-electron chi connectivity index (χ4n) is 2.17. The first kappa shape index (κ1) is 14.1.